The Morgan fingerprint density at radius 3 is 2.55 bits per heavy atom. The Labute approximate surface area is 120 Å². The summed E-state index contributed by atoms with van der Waals surface area (Å²) in [5.74, 6) is -1.12. The van der Waals surface area contributed by atoms with Gasteiger partial charge in [0.2, 0.25) is 10.0 Å². The molecule has 0 aliphatic carbocycles. The van der Waals surface area contributed by atoms with Gasteiger partial charge in [0.05, 0.1) is 11.9 Å². The molecule has 112 valence electrons. The summed E-state index contributed by atoms with van der Waals surface area (Å²) in [6, 6.07) is -1.13. The Morgan fingerprint density at radius 2 is 2.05 bits per heavy atom. The fourth-order valence-electron chi connectivity index (χ4n) is 1.90. The minimum atomic E-state index is -3.16. The van der Waals surface area contributed by atoms with Crippen molar-refractivity contribution in [3.05, 3.63) is 11.1 Å². The fraction of sp³-hybridized carbons (Fsp3) is 0.600. The van der Waals surface area contributed by atoms with Gasteiger partial charge < -0.3 is 15.7 Å². The molecule has 1 saturated heterocycles. The summed E-state index contributed by atoms with van der Waals surface area (Å²) in [4.78, 5) is 16.9. The van der Waals surface area contributed by atoms with Crippen LogP contribution in [0, 0.1) is 0 Å². The summed E-state index contributed by atoms with van der Waals surface area (Å²) in [6.45, 7) is 1.86. The maximum atomic E-state index is 11.4. The van der Waals surface area contributed by atoms with Gasteiger partial charge in [0.1, 0.15) is 6.04 Å². The van der Waals surface area contributed by atoms with Crippen LogP contribution in [0.5, 0.6) is 0 Å². The highest BCUT2D eigenvalue weighted by Gasteiger charge is 2.26. The number of carboxylic acids is 1. The van der Waals surface area contributed by atoms with E-state index in [4.69, 9.17) is 10.8 Å². The van der Waals surface area contributed by atoms with E-state index < -0.39 is 22.0 Å². The number of thiazole rings is 1. The van der Waals surface area contributed by atoms with E-state index in [0.717, 1.165) is 0 Å². The minimum absolute atomic E-state index is 0.322. The standard InChI is InChI=1S/C10H16N4O4S2/c1-20(17,18)14-4-2-13(3-5-14)10-12-7(6-19-10)8(11)9(15)16/h6,8H,2-5,11H2,1H3,(H,15,16). The number of aliphatic carboxylic acids is 1. The first-order chi connectivity index (χ1) is 9.29. The molecular formula is C10H16N4O4S2. The first kappa shape index (κ1) is 15.2. The van der Waals surface area contributed by atoms with Gasteiger partial charge in [-0.25, -0.2) is 13.4 Å². The number of aromatic nitrogens is 1. The van der Waals surface area contributed by atoms with Crippen molar-refractivity contribution in [1.82, 2.24) is 9.29 Å². The molecule has 1 aromatic rings. The van der Waals surface area contributed by atoms with Gasteiger partial charge in [-0.2, -0.15) is 4.31 Å². The van der Waals surface area contributed by atoms with Crippen LogP contribution in [0.4, 0.5) is 5.13 Å². The second kappa shape index (κ2) is 5.64. The fourth-order valence-corrected chi connectivity index (χ4v) is 3.64. The second-order valence-electron chi connectivity index (χ2n) is 4.52. The summed E-state index contributed by atoms with van der Waals surface area (Å²) < 4.78 is 24.2. The van der Waals surface area contributed by atoms with Crippen LogP contribution in [0.1, 0.15) is 11.7 Å². The van der Waals surface area contributed by atoms with Crippen LogP contribution < -0.4 is 10.6 Å². The number of hydrogen-bond acceptors (Lipinski definition) is 7. The van der Waals surface area contributed by atoms with Gasteiger partial charge in [-0.1, -0.05) is 0 Å². The van der Waals surface area contributed by atoms with Crippen molar-refractivity contribution in [1.29, 1.82) is 0 Å². The summed E-state index contributed by atoms with van der Waals surface area (Å²) in [6.07, 6.45) is 1.19. The first-order valence-electron chi connectivity index (χ1n) is 5.93. The Balaban J connectivity index is 2.03. The number of nitrogens with zero attached hydrogens (tertiary/aromatic N) is 3. The third-order valence-corrected chi connectivity index (χ3v) is 5.30. The smallest absolute Gasteiger partial charge is 0.326 e. The third-order valence-electron chi connectivity index (χ3n) is 3.07. The molecule has 10 heteroatoms. The van der Waals surface area contributed by atoms with Gasteiger partial charge in [-0.3, -0.25) is 4.79 Å². The number of piperazine rings is 1. The van der Waals surface area contributed by atoms with E-state index in [9.17, 15) is 13.2 Å². The monoisotopic (exact) mass is 320 g/mol. The molecule has 0 bridgehead atoms. The SMILES string of the molecule is CS(=O)(=O)N1CCN(c2nc(C(N)C(=O)O)cs2)CC1. The van der Waals surface area contributed by atoms with Crippen molar-refractivity contribution in [2.24, 2.45) is 5.73 Å². The topological polar surface area (TPSA) is 117 Å². The minimum Gasteiger partial charge on any atom is -0.480 e. The number of carbonyl (C=O) groups is 1. The Kier molecular flexibility index (Phi) is 4.28. The molecule has 1 fully saturated rings. The highest BCUT2D eigenvalue weighted by atomic mass is 32.2. The van der Waals surface area contributed by atoms with Gasteiger partial charge in [-0.05, 0) is 0 Å². The van der Waals surface area contributed by atoms with E-state index in [1.807, 2.05) is 4.90 Å². The normalized spacial score (nSPS) is 19.0. The van der Waals surface area contributed by atoms with Crippen molar-refractivity contribution in [2.75, 3.05) is 37.3 Å². The number of rotatable bonds is 4. The molecule has 2 heterocycles. The third kappa shape index (κ3) is 3.26. The molecule has 0 amide bonds. The van der Waals surface area contributed by atoms with E-state index >= 15 is 0 Å². The van der Waals surface area contributed by atoms with Crippen LogP contribution in [-0.2, 0) is 14.8 Å². The van der Waals surface area contributed by atoms with Crippen LogP contribution in [0.15, 0.2) is 5.38 Å². The molecule has 8 nitrogen and oxygen atoms in total. The maximum absolute atomic E-state index is 11.4. The number of carboxylic acid groups (broad SMARTS) is 1. The molecule has 1 aliphatic heterocycles. The second-order valence-corrected chi connectivity index (χ2v) is 7.34. The molecule has 1 aromatic heterocycles. The van der Waals surface area contributed by atoms with Crippen molar-refractivity contribution in [3.63, 3.8) is 0 Å². The molecule has 1 atom stereocenters. The van der Waals surface area contributed by atoms with Crippen LogP contribution in [0.3, 0.4) is 0 Å². The zero-order valence-corrected chi connectivity index (χ0v) is 12.5. The average molecular weight is 320 g/mol. The predicted molar refractivity (Wildman–Crippen MR) is 75.3 cm³/mol. The lowest BCUT2D eigenvalue weighted by atomic mass is 10.2. The zero-order valence-electron chi connectivity index (χ0n) is 10.9. The van der Waals surface area contributed by atoms with E-state index in [-0.39, 0.29) is 0 Å². The quantitative estimate of drug-likeness (QED) is 0.754. The van der Waals surface area contributed by atoms with Crippen molar-refractivity contribution >= 4 is 32.5 Å². The zero-order chi connectivity index (χ0) is 14.9. The van der Waals surface area contributed by atoms with Crippen LogP contribution in [0.25, 0.3) is 0 Å². The molecule has 20 heavy (non-hydrogen) atoms. The largest absolute Gasteiger partial charge is 0.480 e. The molecule has 1 aliphatic rings. The highest BCUT2D eigenvalue weighted by molar-refractivity contribution is 7.88. The Bertz CT molecular complexity index is 592. The number of nitrogens with two attached hydrogens (primary N) is 1. The van der Waals surface area contributed by atoms with E-state index in [0.29, 0.717) is 37.0 Å². The number of anilines is 1. The highest BCUT2D eigenvalue weighted by Crippen LogP contribution is 2.24. The van der Waals surface area contributed by atoms with E-state index in [2.05, 4.69) is 4.98 Å². The molecule has 0 saturated carbocycles. The van der Waals surface area contributed by atoms with Crippen molar-refractivity contribution < 1.29 is 18.3 Å². The van der Waals surface area contributed by atoms with Crippen LogP contribution in [-0.4, -0.2) is 61.2 Å². The van der Waals surface area contributed by atoms with Crippen LogP contribution in [0.2, 0.25) is 0 Å². The van der Waals surface area contributed by atoms with Crippen molar-refractivity contribution in [2.45, 2.75) is 6.04 Å². The molecule has 0 spiro atoms. The molecule has 2 rings (SSSR count). The molecule has 3 N–H and O–H groups in total. The lowest BCUT2D eigenvalue weighted by Crippen LogP contribution is -2.48. The lowest BCUT2D eigenvalue weighted by molar-refractivity contribution is -0.138. The van der Waals surface area contributed by atoms with Gasteiger partial charge in [0.15, 0.2) is 5.13 Å². The lowest BCUT2D eigenvalue weighted by Gasteiger charge is -2.32. The Hall–Kier alpha value is -1.23. The summed E-state index contributed by atoms with van der Waals surface area (Å²) in [5, 5.41) is 11.1. The average Bonchev–Trinajstić information content (AvgIpc) is 2.86. The van der Waals surface area contributed by atoms with E-state index in [1.165, 1.54) is 21.9 Å². The molecule has 1 unspecified atom stereocenters. The number of hydrogen-bond donors (Lipinski definition) is 2. The van der Waals surface area contributed by atoms with Gasteiger partial charge >= 0.3 is 5.97 Å². The molecule has 0 radical (unpaired) electrons. The predicted octanol–water partition coefficient (Wildman–Crippen LogP) is -0.691. The van der Waals surface area contributed by atoms with Gasteiger partial charge in [0, 0.05) is 31.6 Å². The Morgan fingerprint density at radius 1 is 1.45 bits per heavy atom. The van der Waals surface area contributed by atoms with Crippen molar-refractivity contribution in [3.8, 4) is 0 Å². The molecular weight excluding hydrogens is 304 g/mol. The van der Waals surface area contributed by atoms with Crippen LogP contribution >= 0.6 is 11.3 Å². The first-order valence-corrected chi connectivity index (χ1v) is 8.65. The number of sulfonamides is 1. The van der Waals surface area contributed by atoms with Gasteiger partial charge in [-0.15, -0.1) is 11.3 Å². The van der Waals surface area contributed by atoms with Gasteiger partial charge in [0.25, 0.3) is 0 Å². The summed E-state index contributed by atoms with van der Waals surface area (Å²) in [5.41, 5.74) is 5.82. The maximum Gasteiger partial charge on any atom is 0.326 e. The summed E-state index contributed by atoms with van der Waals surface area (Å²) >= 11 is 1.31. The molecule has 0 aromatic carbocycles. The summed E-state index contributed by atoms with van der Waals surface area (Å²) in [7, 11) is -3.16. The van der Waals surface area contributed by atoms with E-state index in [1.54, 1.807) is 5.38 Å².